The Bertz CT molecular complexity index is 1790. The summed E-state index contributed by atoms with van der Waals surface area (Å²) in [4.78, 5) is 8.35. The lowest BCUT2D eigenvalue weighted by atomic mass is 9.94. The van der Waals surface area contributed by atoms with E-state index in [9.17, 15) is 10.4 Å². The van der Waals surface area contributed by atoms with E-state index in [2.05, 4.69) is 51.0 Å². The van der Waals surface area contributed by atoms with E-state index in [1.165, 1.54) is 0 Å². The number of hydrogen-bond donors (Lipinski definition) is 2. The molecule has 0 spiro atoms. The molecule has 5 nitrogen and oxygen atoms in total. The second kappa shape index (κ2) is 8.92. The molecule has 0 radical (unpaired) electrons. The molecule has 0 atom stereocenters. The molecule has 4 aromatic carbocycles. The summed E-state index contributed by atoms with van der Waals surface area (Å²) in [5, 5.41) is 24.9. The van der Waals surface area contributed by atoms with E-state index in [-0.39, 0.29) is 0 Å². The molecule has 7 heteroatoms. The number of fused-ring (bicyclic) bond motifs is 6. The molecule has 0 amide bonds. The summed E-state index contributed by atoms with van der Waals surface area (Å²) >= 11 is 10.1. The maximum Gasteiger partial charge on any atom is 0.141 e. The van der Waals surface area contributed by atoms with Crippen LogP contribution in [0.3, 0.4) is 0 Å². The van der Waals surface area contributed by atoms with Crippen molar-refractivity contribution in [1.29, 1.82) is 5.26 Å². The van der Waals surface area contributed by atoms with E-state index in [0.29, 0.717) is 48.0 Å². The average Bonchev–Trinajstić information content (AvgIpc) is 3.33. The van der Waals surface area contributed by atoms with Gasteiger partial charge in [0, 0.05) is 33.7 Å². The van der Waals surface area contributed by atoms with Gasteiger partial charge < -0.3 is 14.8 Å². The third-order valence-electron chi connectivity index (χ3n) is 6.65. The van der Waals surface area contributed by atoms with Crippen LogP contribution in [0.15, 0.2) is 59.1 Å². The van der Waals surface area contributed by atoms with Crippen LogP contribution in [-0.2, 0) is 4.74 Å². The van der Waals surface area contributed by atoms with Gasteiger partial charge in [-0.15, -0.1) is 0 Å². The van der Waals surface area contributed by atoms with Crippen molar-refractivity contribution in [3.63, 3.8) is 0 Å². The quantitative estimate of drug-likeness (QED) is 0.177. The van der Waals surface area contributed by atoms with Gasteiger partial charge in [0.25, 0.3) is 0 Å². The molecule has 36 heavy (non-hydrogen) atoms. The van der Waals surface area contributed by atoms with Gasteiger partial charge in [-0.1, -0.05) is 57.6 Å². The zero-order valence-electron chi connectivity index (χ0n) is 19.0. The Morgan fingerprint density at radius 2 is 1.81 bits per heavy atom. The third-order valence-corrected chi connectivity index (χ3v) is 7.46. The molecule has 0 bridgehead atoms. The van der Waals surface area contributed by atoms with Gasteiger partial charge in [-0.25, -0.2) is 4.98 Å². The number of ether oxygens (including phenoxy) is 1. The van der Waals surface area contributed by atoms with E-state index in [0.717, 1.165) is 42.6 Å². The average molecular weight is 557 g/mol. The fraction of sp³-hybridized carbons (Fsp3) is 0.172. The molecule has 1 aliphatic rings. The summed E-state index contributed by atoms with van der Waals surface area (Å²) in [6.07, 6.45) is 1.02. The summed E-state index contributed by atoms with van der Waals surface area (Å²) < 4.78 is 6.32. The van der Waals surface area contributed by atoms with Gasteiger partial charge >= 0.3 is 0 Å². The largest absolute Gasteiger partial charge is 0.381 e. The molecule has 1 aliphatic heterocycles. The van der Waals surface area contributed by atoms with Crippen molar-refractivity contribution in [3.05, 3.63) is 75.2 Å². The number of hydrogen-bond acceptors (Lipinski definition) is 4. The number of nitrogens with one attached hydrogen (secondary N) is 1. The maximum atomic E-state index is 10.8. The van der Waals surface area contributed by atoms with Crippen molar-refractivity contribution in [1.82, 2.24) is 9.97 Å². The summed E-state index contributed by atoms with van der Waals surface area (Å²) in [5.74, 6) is 6.80. The number of H-pyrrole nitrogens is 1. The summed E-state index contributed by atoms with van der Waals surface area (Å²) in [7, 11) is 0. The predicted octanol–water partition coefficient (Wildman–Crippen LogP) is 6.72. The van der Waals surface area contributed by atoms with Crippen LogP contribution in [0.4, 0.5) is 0 Å². The fourth-order valence-electron chi connectivity index (χ4n) is 4.77. The van der Waals surface area contributed by atoms with Crippen LogP contribution in [0.5, 0.6) is 0 Å². The van der Waals surface area contributed by atoms with E-state index >= 15 is 0 Å². The molecule has 1 fully saturated rings. The van der Waals surface area contributed by atoms with Crippen molar-refractivity contribution in [2.75, 3.05) is 13.2 Å². The Balaban J connectivity index is 1.60. The molecular formula is C29H19BrClN3O2. The van der Waals surface area contributed by atoms with Gasteiger partial charge in [0.05, 0.1) is 46.5 Å². The normalized spacial score (nSPS) is 15.1. The van der Waals surface area contributed by atoms with Crippen LogP contribution >= 0.6 is 27.5 Å². The lowest BCUT2D eigenvalue weighted by molar-refractivity contribution is -0.0261. The molecule has 5 aromatic rings. The van der Waals surface area contributed by atoms with Gasteiger partial charge in [0.15, 0.2) is 0 Å². The Kier molecular flexibility index (Phi) is 5.71. The highest BCUT2D eigenvalue weighted by atomic mass is 79.9. The zero-order valence-corrected chi connectivity index (χ0v) is 21.4. The van der Waals surface area contributed by atoms with Crippen molar-refractivity contribution < 1.29 is 9.84 Å². The Morgan fingerprint density at radius 3 is 2.61 bits per heavy atom. The molecule has 0 saturated carbocycles. The lowest BCUT2D eigenvalue weighted by Crippen LogP contribution is -2.34. The monoisotopic (exact) mass is 555 g/mol. The van der Waals surface area contributed by atoms with Gasteiger partial charge in [-0.2, -0.15) is 5.26 Å². The first-order valence-electron chi connectivity index (χ1n) is 11.5. The molecule has 1 saturated heterocycles. The number of benzene rings is 4. The number of aromatic amines is 1. The number of rotatable bonds is 1. The molecular weight excluding hydrogens is 538 g/mol. The highest BCUT2D eigenvalue weighted by molar-refractivity contribution is 9.10. The number of nitrogens with zero attached hydrogens (tertiary/aromatic N) is 2. The molecule has 0 aliphatic carbocycles. The summed E-state index contributed by atoms with van der Waals surface area (Å²) in [6, 6.07) is 19.6. The number of imidazole rings is 1. The van der Waals surface area contributed by atoms with Crippen LogP contribution in [0.25, 0.3) is 44.0 Å². The van der Waals surface area contributed by atoms with Crippen molar-refractivity contribution in [2.45, 2.75) is 18.4 Å². The second-order valence-electron chi connectivity index (χ2n) is 8.93. The minimum Gasteiger partial charge on any atom is -0.381 e. The van der Waals surface area contributed by atoms with Crippen molar-refractivity contribution in [3.8, 4) is 29.3 Å². The number of nitriles is 1. The standard InChI is InChI=1S/C29H19BrClN3O2/c30-19-5-7-21-23(15-19)22-14-17(8-9-29(35)10-12-36-13-11-29)4-6-20(22)26-27(21)34-28(33-26)25-18(16-32)2-1-3-24(25)31/h1-7,14-15,35H,10-13H2,(H,33,34). The maximum absolute atomic E-state index is 10.8. The van der Waals surface area contributed by atoms with E-state index in [4.69, 9.17) is 21.3 Å². The van der Waals surface area contributed by atoms with Gasteiger partial charge in [0.1, 0.15) is 11.4 Å². The number of aromatic nitrogens is 2. The Hall–Kier alpha value is -3.39. The molecule has 2 N–H and O–H groups in total. The first-order valence-corrected chi connectivity index (χ1v) is 12.7. The van der Waals surface area contributed by atoms with E-state index in [1.807, 2.05) is 24.3 Å². The topological polar surface area (TPSA) is 81.9 Å². The molecule has 176 valence electrons. The minimum absolute atomic E-state index is 0.460. The highest BCUT2D eigenvalue weighted by Crippen LogP contribution is 2.38. The van der Waals surface area contributed by atoms with E-state index < -0.39 is 5.60 Å². The van der Waals surface area contributed by atoms with Crippen LogP contribution in [0.1, 0.15) is 24.0 Å². The van der Waals surface area contributed by atoms with Crippen molar-refractivity contribution in [2.24, 2.45) is 0 Å². The van der Waals surface area contributed by atoms with Crippen LogP contribution in [0.2, 0.25) is 5.02 Å². The van der Waals surface area contributed by atoms with Crippen molar-refractivity contribution >= 4 is 60.1 Å². The van der Waals surface area contributed by atoms with Crippen LogP contribution < -0.4 is 0 Å². The molecule has 2 heterocycles. The van der Waals surface area contributed by atoms with E-state index in [1.54, 1.807) is 18.2 Å². The van der Waals surface area contributed by atoms with Crippen LogP contribution in [0, 0.1) is 23.2 Å². The SMILES string of the molecule is N#Cc1cccc(Cl)c1-c1nc2c3ccc(Br)cc3c3cc(C#CC4(O)CCOCC4)ccc3c2[nH]1. The lowest BCUT2D eigenvalue weighted by Gasteiger charge is -2.26. The zero-order chi connectivity index (χ0) is 24.9. The van der Waals surface area contributed by atoms with Gasteiger partial charge in [-0.3, -0.25) is 0 Å². The third kappa shape index (κ3) is 3.93. The Morgan fingerprint density at radius 1 is 1.03 bits per heavy atom. The fourth-order valence-corrected chi connectivity index (χ4v) is 5.40. The number of halogens is 2. The highest BCUT2D eigenvalue weighted by Gasteiger charge is 2.27. The Labute approximate surface area is 220 Å². The summed E-state index contributed by atoms with van der Waals surface area (Å²) in [5.41, 5.74) is 2.51. The van der Waals surface area contributed by atoms with Gasteiger partial charge in [0.2, 0.25) is 0 Å². The smallest absolute Gasteiger partial charge is 0.141 e. The number of aliphatic hydroxyl groups is 1. The predicted molar refractivity (Wildman–Crippen MR) is 146 cm³/mol. The molecule has 1 aromatic heterocycles. The molecule has 0 unspecified atom stereocenters. The first kappa shape index (κ1) is 23.0. The minimum atomic E-state index is -1.02. The summed E-state index contributed by atoms with van der Waals surface area (Å²) in [6.45, 7) is 1.03. The first-order chi connectivity index (χ1) is 17.5. The second-order valence-corrected chi connectivity index (χ2v) is 10.3. The van der Waals surface area contributed by atoms with Gasteiger partial charge in [-0.05, 0) is 47.2 Å². The molecule has 6 rings (SSSR count). The van der Waals surface area contributed by atoms with Crippen LogP contribution in [-0.4, -0.2) is 33.9 Å².